The minimum atomic E-state index is -0.143. The molecule has 0 N–H and O–H groups in total. The molecule has 6 nitrogen and oxygen atoms in total. The maximum Gasteiger partial charge on any atom is 0.253 e. The number of thioether (sulfide) groups is 1. The van der Waals surface area contributed by atoms with Crippen molar-refractivity contribution in [2.45, 2.75) is 40.0 Å². The molecule has 2 fully saturated rings. The maximum absolute atomic E-state index is 12.9. The van der Waals surface area contributed by atoms with Crippen LogP contribution in [0.1, 0.15) is 50.4 Å². The second-order valence-corrected chi connectivity index (χ2v) is 9.66. The van der Waals surface area contributed by atoms with Gasteiger partial charge in [-0.05, 0) is 55.9 Å². The van der Waals surface area contributed by atoms with E-state index in [1.54, 1.807) is 0 Å². The van der Waals surface area contributed by atoms with Gasteiger partial charge < -0.3 is 14.5 Å². The van der Waals surface area contributed by atoms with Crippen molar-refractivity contribution in [2.75, 3.05) is 38.5 Å². The van der Waals surface area contributed by atoms with E-state index in [-0.39, 0.29) is 28.3 Å². The van der Waals surface area contributed by atoms with E-state index in [9.17, 15) is 14.4 Å². The molecule has 7 heteroatoms. The first kappa shape index (κ1) is 22.7. The van der Waals surface area contributed by atoms with Crippen LogP contribution in [0.3, 0.4) is 0 Å². The number of amides is 2. The molecule has 1 aromatic carbocycles. The molecular formula is C23H32N2O4S. The van der Waals surface area contributed by atoms with Gasteiger partial charge in [0.2, 0.25) is 5.91 Å². The van der Waals surface area contributed by atoms with Gasteiger partial charge in [0.05, 0.1) is 6.61 Å². The maximum atomic E-state index is 12.9. The molecule has 164 valence electrons. The fourth-order valence-corrected chi connectivity index (χ4v) is 5.01. The molecule has 2 aliphatic heterocycles. The lowest BCUT2D eigenvalue weighted by Gasteiger charge is -2.39. The Morgan fingerprint density at radius 1 is 1.07 bits per heavy atom. The van der Waals surface area contributed by atoms with Crippen molar-refractivity contribution in [3.63, 3.8) is 0 Å². The molecule has 0 radical (unpaired) electrons. The molecule has 2 saturated heterocycles. The van der Waals surface area contributed by atoms with Gasteiger partial charge in [-0.25, -0.2) is 0 Å². The number of hydrogen-bond donors (Lipinski definition) is 0. The zero-order valence-electron chi connectivity index (χ0n) is 18.2. The number of piperidine rings is 1. The van der Waals surface area contributed by atoms with Gasteiger partial charge in [0.15, 0.2) is 5.12 Å². The predicted molar refractivity (Wildman–Crippen MR) is 119 cm³/mol. The summed E-state index contributed by atoms with van der Waals surface area (Å²) in [5.41, 5.74) is 0.813. The Morgan fingerprint density at radius 3 is 2.23 bits per heavy atom. The van der Waals surface area contributed by atoms with Crippen LogP contribution in [0.25, 0.3) is 0 Å². The van der Waals surface area contributed by atoms with Gasteiger partial charge >= 0.3 is 0 Å². The van der Waals surface area contributed by atoms with Gasteiger partial charge in [0, 0.05) is 50.3 Å². The SMILES string of the molecule is CCOc1ccc(C(=O)N2CCC3(CC2)CCN(C(=O)[C@H](C)CSC(C)=O)C3)cc1. The minimum absolute atomic E-state index is 0.0529. The normalized spacial score (nSPS) is 19.0. The van der Waals surface area contributed by atoms with Crippen LogP contribution in [0.5, 0.6) is 5.75 Å². The second kappa shape index (κ2) is 9.86. The van der Waals surface area contributed by atoms with Crippen LogP contribution >= 0.6 is 11.8 Å². The molecule has 3 rings (SSSR count). The molecule has 1 atom stereocenters. The molecule has 2 aliphatic rings. The summed E-state index contributed by atoms with van der Waals surface area (Å²) < 4.78 is 5.45. The number of carbonyl (C=O) groups is 3. The lowest BCUT2D eigenvalue weighted by molar-refractivity contribution is -0.133. The third-order valence-electron chi connectivity index (χ3n) is 6.23. The lowest BCUT2D eigenvalue weighted by atomic mass is 9.77. The van der Waals surface area contributed by atoms with Crippen LogP contribution in [0, 0.1) is 11.3 Å². The van der Waals surface area contributed by atoms with E-state index >= 15 is 0 Å². The van der Waals surface area contributed by atoms with E-state index in [1.165, 1.54) is 18.7 Å². The van der Waals surface area contributed by atoms with Gasteiger partial charge in [-0.1, -0.05) is 18.7 Å². The van der Waals surface area contributed by atoms with Crippen LogP contribution in [-0.4, -0.2) is 65.3 Å². The Balaban J connectivity index is 1.51. The summed E-state index contributed by atoms with van der Waals surface area (Å²) in [5, 5.41) is 0.0529. The zero-order chi connectivity index (χ0) is 21.7. The summed E-state index contributed by atoms with van der Waals surface area (Å²) in [6, 6.07) is 7.34. The Bertz CT molecular complexity index is 772. The molecule has 1 aromatic rings. The average molecular weight is 433 g/mol. The molecule has 30 heavy (non-hydrogen) atoms. The monoisotopic (exact) mass is 432 g/mol. The summed E-state index contributed by atoms with van der Waals surface area (Å²) in [6.07, 6.45) is 2.85. The quantitative estimate of drug-likeness (QED) is 0.689. The highest BCUT2D eigenvalue weighted by Gasteiger charge is 2.43. The number of ether oxygens (including phenoxy) is 1. The average Bonchev–Trinajstić information content (AvgIpc) is 3.15. The molecule has 0 aliphatic carbocycles. The largest absolute Gasteiger partial charge is 0.494 e. The number of carbonyl (C=O) groups excluding carboxylic acids is 3. The highest BCUT2D eigenvalue weighted by Crippen LogP contribution is 2.41. The third-order valence-corrected chi connectivity index (χ3v) is 7.30. The fourth-order valence-electron chi connectivity index (χ4n) is 4.38. The summed E-state index contributed by atoms with van der Waals surface area (Å²) >= 11 is 1.22. The first-order valence-corrected chi connectivity index (χ1v) is 11.8. The molecule has 0 aromatic heterocycles. The first-order valence-electron chi connectivity index (χ1n) is 10.8. The number of rotatable bonds is 6. The number of likely N-dealkylation sites (tertiary alicyclic amines) is 2. The summed E-state index contributed by atoms with van der Waals surface area (Å²) in [6.45, 7) is 8.98. The fraction of sp³-hybridized carbons (Fsp3) is 0.609. The third kappa shape index (κ3) is 5.36. The van der Waals surface area contributed by atoms with Gasteiger partial charge in [-0.3, -0.25) is 14.4 Å². The van der Waals surface area contributed by atoms with Crippen LogP contribution in [0.15, 0.2) is 24.3 Å². The highest BCUT2D eigenvalue weighted by atomic mass is 32.2. The summed E-state index contributed by atoms with van der Waals surface area (Å²) in [5.74, 6) is 1.39. The summed E-state index contributed by atoms with van der Waals surface area (Å²) in [4.78, 5) is 40.7. The van der Waals surface area contributed by atoms with Crippen molar-refractivity contribution < 1.29 is 19.1 Å². The van der Waals surface area contributed by atoms with E-state index < -0.39 is 0 Å². The van der Waals surface area contributed by atoms with E-state index in [4.69, 9.17) is 4.74 Å². The molecular weight excluding hydrogens is 400 g/mol. The van der Waals surface area contributed by atoms with Crippen molar-refractivity contribution in [3.05, 3.63) is 29.8 Å². The van der Waals surface area contributed by atoms with Gasteiger partial charge in [0.25, 0.3) is 5.91 Å². The van der Waals surface area contributed by atoms with Gasteiger partial charge in [-0.2, -0.15) is 0 Å². The predicted octanol–water partition coefficient (Wildman–Crippen LogP) is 3.46. The topological polar surface area (TPSA) is 66.9 Å². The molecule has 2 heterocycles. The molecule has 0 saturated carbocycles. The zero-order valence-corrected chi connectivity index (χ0v) is 19.0. The van der Waals surface area contributed by atoms with Crippen molar-refractivity contribution in [1.82, 2.24) is 9.80 Å². The van der Waals surface area contributed by atoms with Crippen molar-refractivity contribution in [3.8, 4) is 5.75 Å². The summed E-state index contributed by atoms with van der Waals surface area (Å²) in [7, 11) is 0. The number of nitrogens with zero attached hydrogens (tertiary/aromatic N) is 2. The molecule has 0 bridgehead atoms. The Kier molecular flexibility index (Phi) is 7.45. The lowest BCUT2D eigenvalue weighted by Crippen LogP contribution is -2.45. The molecule has 2 amide bonds. The standard InChI is InChI=1S/C23H32N2O4S/c1-4-29-20-7-5-19(6-8-20)22(28)24-12-9-23(10-13-24)11-14-25(16-23)21(27)17(2)15-30-18(3)26/h5-8,17H,4,9-16H2,1-3H3/t17-/m1/s1. The molecule has 1 spiro atoms. The van der Waals surface area contributed by atoms with Gasteiger partial charge in [-0.15, -0.1) is 0 Å². The Labute approximate surface area is 183 Å². The van der Waals surface area contributed by atoms with Crippen molar-refractivity contribution in [1.29, 1.82) is 0 Å². The Morgan fingerprint density at radius 2 is 1.67 bits per heavy atom. The Hall–Kier alpha value is -2.02. The van der Waals surface area contributed by atoms with E-state index in [0.29, 0.717) is 17.9 Å². The van der Waals surface area contributed by atoms with E-state index in [1.807, 2.05) is 47.9 Å². The highest BCUT2D eigenvalue weighted by molar-refractivity contribution is 8.13. The van der Waals surface area contributed by atoms with Crippen LogP contribution in [-0.2, 0) is 9.59 Å². The minimum Gasteiger partial charge on any atom is -0.494 e. The van der Waals surface area contributed by atoms with Crippen molar-refractivity contribution >= 4 is 28.7 Å². The first-order chi connectivity index (χ1) is 14.3. The number of hydrogen-bond acceptors (Lipinski definition) is 5. The van der Waals surface area contributed by atoms with Crippen LogP contribution in [0.4, 0.5) is 0 Å². The number of benzene rings is 1. The second-order valence-electron chi connectivity index (χ2n) is 8.46. The van der Waals surface area contributed by atoms with E-state index in [2.05, 4.69) is 0 Å². The molecule has 0 unspecified atom stereocenters. The van der Waals surface area contributed by atoms with Crippen molar-refractivity contribution in [2.24, 2.45) is 11.3 Å². The van der Waals surface area contributed by atoms with Crippen LogP contribution < -0.4 is 4.74 Å². The van der Waals surface area contributed by atoms with Crippen LogP contribution in [0.2, 0.25) is 0 Å². The van der Waals surface area contributed by atoms with Gasteiger partial charge in [0.1, 0.15) is 5.75 Å². The van der Waals surface area contributed by atoms with E-state index in [0.717, 1.165) is 51.2 Å². The smallest absolute Gasteiger partial charge is 0.253 e.